The number of hydrogen-bond donors (Lipinski definition) is 1. The predicted molar refractivity (Wildman–Crippen MR) is 77.8 cm³/mol. The molecule has 0 aromatic heterocycles. The third kappa shape index (κ3) is 4.22. The van der Waals surface area contributed by atoms with Crippen LogP contribution >= 0.6 is 0 Å². The van der Waals surface area contributed by atoms with E-state index in [0.29, 0.717) is 11.7 Å². The second-order valence-electron chi connectivity index (χ2n) is 5.47. The average molecular weight is 250 g/mol. The molecule has 0 radical (unpaired) electrons. The lowest BCUT2D eigenvalue weighted by Crippen LogP contribution is -2.29. The van der Waals surface area contributed by atoms with Gasteiger partial charge in [-0.2, -0.15) is 0 Å². The van der Waals surface area contributed by atoms with Crippen molar-refractivity contribution in [2.24, 2.45) is 5.92 Å². The Bertz CT molecular complexity index is 377. The molecule has 0 aliphatic heterocycles. The molecule has 1 atom stereocenters. The van der Waals surface area contributed by atoms with E-state index in [0.717, 1.165) is 18.2 Å². The molecular weight excluding hydrogens is 224 g/mol. The van der Waals surface area contributed by atoms with Crippen molar-refractivity contribution in [2.45, 2.75) is 39.8 Å². The molecule has 0 saturated heterocycles. The highest BCUT2D eigenvalue weighted by Gasteiger charge is 2.12. The van der Waals surface area contributed by atoms with Crippen LogP contribution in [0.3, 0.4) is 0 Å². The van der Waals surface area contributed by atoms with Crippen LogP contribution in [0.1, 0.15) is 32.8 Å². The number of rotatable bonds is 6. The third-order valence-corrected chi connectivity index (χ3v) is 3.29. The number of methoxy groups -OCH3 is 1. The molecule has 2 N–H and O–H groups in total. The summed E-state index contributed by atoms with van der Waals surface area (Å²) in [6.45, 7) is 7.71. The van der Waals surface area contributed by atoms with E-state index >= 15 is 0 Å². The van der Waals surface area contributed by atoms with Crippen LogP contribution in [0.4, 0.5) is 5.69 Å². The lowest BCUT2D eigenvalue weighted by Gasteiger charge is -2.26. The van der Waals surface area contributed by atoms with E-state index in [4.69, 9.17) is 10.5 Å². The lowest BCUT2D eigenvalue weighted by atomic mass is 10.0. The van der Waals surface area contributed by atoms with Crippen LogP contribution in [0.25, 0.3) is 0 Å². The lowest BCUT2D eigenvalue weighted by molar-refractivity contribution is 0.220. The summed E-state index contributed by atoms with van der Waals surface area (Å²) in [4.78, 5) is 2.36. The Morgan fingerprint density at radius 3 is 2.44 bits per heavy atom. The fraction of sp³-hybridized carbons (Fsp3) is 0.600. The maximum atomic E-state index is 5.92. The van der Waals surface area contributed by atoms with Crippen molar-refractivity contribution in [1.82, 2.24) is 4.90 Å². The first-order chi connectivity index (χ1) is 8.43. The van der Waals surface area contributed by atoms with Crippen LogP contribution in [0.5, 0.6) is 5.75 Å². The van der Waals surface area contributed by atoms with Crippen molar-refractivity contribution in [2.75, 3.05) is 19.9 Å². The molecule has 0 amide bonds. The summed E-state index contributed by atoms with van der Waals surface area (Å²) < 4.78 is 5.17. The Labute approximate surface area is 111 Å². The number of nitrogens with two attached hydrogens (primary N) is 1. The Morgan fingerprint density at radius 1 is 1.28 bits per heavy atom. The van der Waals surface area contributed by atoms with Gasteiger partial charge in [0.25, 0.3) is 0 Å². The Kier molecular flexibility index (Phi) is 5.48. The van der Waals surface area contributed by atoms with Crippen molar-refractivity contribution >= 4 is 5.69 Å². The molecule has 1 rings (SSSR count). The normalized spacial score (nSPS) is 13.1. The second kappa shape index (κ2) is 6.64. The number of benzene rings is 1. The summed E-state index contributed by atoms with van der Waals surface area (Å²) in [6.07, 6.45) is 1.21. The molecule has 0 aliphatic rings. The van der Waals surface area contributed by atoms with E-state index < -0.39 is 0 Å². The van der Waals surface area contributed by atoms with Gasteiger partial charge in [0, 0.05) is 12.6 Å². The van der Waals surface area contributed by atoms with Crippen molar-refractivity contribution in [3.05, 3.63) is 23.8 Å². The molecular formula is C15H26N2O. The Hall–Kier alpha value is -1.22. The number of ether oxygens (including phenoxy) is 1. The molecule has 0 saturated carbocycles. The fourth-order valence-electron chi connectivity index (χ4n) is 2.19. The van der Waals surface area contributed by atoms with E-state index in [-0.39, 0.29) is 0 Å². The van der Waals surface area contributed by atoms with Gasteiger partial charge in [-0.25, -0.2) is 0 Å². The first-order valence-corrected chi connectivity index (χ1v) is 6.56. The van der Waals surface area contributed by atoms with Crippen molar-refractivity contribution in [3.8, 4) is 5.75 Å². The van der Waals surface area contributed by atoms with Gasteiger partial charge < -0.3 is 10.5 Å². The molecule has 1 aromatic rings. The zero-order valence-corrected chi connectivity index (χ0v) is 12.2. The summed E-state index contributed by atoms with van der Waals surface area (Å²) >= 11 is 0. The zero-order valence-electron chi connectivity index (χ0n) is 12.2. The van der Waals surface area contributed by atoms with E-state index in [2.05, 4.69) is 38.8 Å². The standard InChI is InChI=1S/C15H26N2O/c1-11(2)8-12(3)17(4)10-13-6-7-15(18-5)14(16)9-13/h6-7,9,11-12H,8,10,16H2,1-5H3. The summed E-state index contributed by atoms with van der Waals surface area (Å²) in [6, 6.07) is 6.59. The van der Waals surface area contributed by atoms with E-state index in [1.165, 1.54) is 12.0 Å². The van der Waals surface area contributed by atoms with Gasteiger partial charge >= 0.3 is 0 Å². The van der Waals surface area contributed by atoms with Gasteiger partial charge in [-0.3, -0.25) is 4.90 Å². The van der Waals surface area contributed by atoms with Gasteiger partial charge in [0.2, 0.25) is 0 Å². The van der Waals surface area contributed by atoms with Crippen molar-refractivity contribution < 1.29 is 4.74 Å². The van der Waals surface area contributed by atoms with E-state index in [1.807, 2.05) is 12.1 Å². The molecule has 0 bridgehead atoms. The minimum Gasteiger partial charge on any atom is -0.495 e. The molecule has 0 fully saturated rings. The van der Waals surface area contributed by atoms with Crippen molar-refractivity contribution in [1.29, 1.82) is 0 Å². The first-order valence-electron chi connectivity index (χ1n) is 6.56. The maximum Gasteiger partial charge on any atom is 0.141 e. The van der Waals surface area contributed by atoms with Gasteiger partial charge in [-0.15, -0.1) is 0 Å². The molecule has 0 heterocycles. The second-order valence-corrected chi connectivity index (χ2v) is 5.47. The topological polar surface area (TPSA) is 38.5 Å². The van der Waals surface area contributed by atoms with Crippen LogP contribution in [-0.4, -0.2) is 25.1 Å². The number of nitrogen functional groups attached to an aromatic ring is 1. The highest BCUT2D eigenvalue weighted by molar-refractivity contribution is 5.54. The third-order valence-electron chi connectivity index (χ3n) is 3.29. The monoisotopic (exact) mass is 250 g/mol. The largest absolute Gasteiger partial charge is 0.495 e. The highest BCUT2D eigenvalue weighted by atomic mass is 16.5. The molecule has 0 spiro atoms. The molecule has 1 unspecified atom stereocenters. The fourth-order valence-corrected chi connectivity index (χ4v) is 2.19. The molecule has 18 heavy (non-hydrogen) atoms. The quantitative estimate of drug-likeness (QED) is 0.788. The highest BCUT2D eigenvalue weighted by Crippen LogP contribution is 2.23. The number of hydrogen-bond acceptors (Lipinski definition) is 3. The van der Waals surface area contributed by atoms with Crippen LogP contribution in [0.15, 0.2) is 18.2 Å². The number of nitrogens with zero attached hydrogens (tertiary/aromatic N) is 1. The Morgan fingerprint density at radius 2 is 1.94 bits per heavy atom. The van der Waals surface area contributed by atoms with Crippen molar-refractivity contribution in [3.63, 3.8) is 0 Å². The smallest absolute Gasteiger partial charge is 0.141 e. The van der Waals surface area contributed by atoms with Crippen LogP contribution in [0, 0.1) is 5.92 Å². The summed E-state index contributed by atoms with van der Waals surface area (Å²) in [5.74, 6) is 1.47. The summed E-state index contributed by atoms with van der Waals surface area (Å²) in [5, 5.41) is 0. The Balaban J connectivity index is 2.64. The summed E-state index contributed by atoms with van der Waals surface area (Å²) in [5.41, 5.74) is 7.86. The van der Waals surface area contributed by atoms with Gasteiger partial charge in [0.15, 0.2) is 0 Å². The zero-order chi connectivity index (χ0) is 13.7. The summed E-state index contributed by atoms with van der Waals surface area (Å²) in [7, 11) is 3.80. The maximum absolute atomic E-state index is 5.92. The van der Waals surface area contributed by atoms with Gasteiger partial charge in [-0.05, 0) is 44.0 Å². The van der Waals surface area contributed by atoms with Crippen LogP contribution in [0.2, 0.25) is 0 Å². The van der Waals surface area contributed by atoms with Crippen LogP contribution in [-0.2, 0) is 6.54 Å². The number of anilines is 1. The average Bonchev–Trinajstić information content (AvgIpc) is 2.28. The molecule has 3 nitrogen and oxygen atoms in total. The SMILES string of the molecule is COc1ccc(CN(C)C(C)CC(C)C)cc1N. The van der Waals surface area contributed by atoms with E-state index in [9.17, 15) is 0 Å². The van der Waals surface area contributed by atoms with Gasteiger partial charge in [0.05, 0.1) is 12.8 Å². The molecule has 0 aliphatic carbocycles. The minimum absolute atomic E-state index is 0.577. The van der Waals surface area contributed by atoms with Crippen LogP contribution < -0.4 is 10.5 Å². The minimum atomic E-state index is 0.577. The molecule has 3 heteroatoms. The molecule has 1 aromatic carbocycles. The van der Waals surface area contributed by atoms with E-state index in [1.54, 1.807) is 7.11 Å². The molecule has 102 valence electrons. The van der Waals surface area contributed by atoms with Gasteiger partial charge in [-0.1, -0.05) is 19.9 Å². The predicted octanol–water partition coefficient (Wildman–Crippen LogP) is 3.14. The first kappa shape index (κ1) is 14.8. The van der Waals surface area contributed by atoms with Gasteiger partial charge in [0.1, 0.15) is 5.75 Å².